The SMILES string of the molecule is CC(=O)OCC#C[C@@]1(O)CC[C@@]2(C)C(CCC3C2CC[C@@]2(C)C3CC[C@@H]2C(C)=O)C1. The van der Waals surface area contributed by atoms with Crippen LogP contribution in [0.5, 0.6) is 0 Å². The van der Waals surface area contributed by atoms with E-state index in [1.165, 1.54) is 32.6 Å². The Morgan fingerprint density at radius 3 is 2.40 bits per heavy atom. The van der Waals surface area contributed by atoms with Gasteiger partial charge >= 0.3 is 5.97 Å². The van der Waals surface area contributed by atoms with Gasteiger partial charge in [-0.2, -0.15) is 0 Å². The Labute approximate surface area is 181 Å². The molecule has 0 amide bonds. The summed E-state index contributed by atoms with van der Waals surface area (Å²) in [4.78, 5) is 23.2. The van der Waals surface area contributed by atoms with Crippen LogP contribution >= 0.6 is 0 Å². The molecule has 4 aliphatic rings. The molecule has 0 radical (unpaired) electrons. The van der Waals surface area contributed by atoms with E-state index in [2.05, 4.69) is 25.7 Å². The molecule has 0 aliphatic heterocycles. The van der Waals surface area contributed by atoms with Crippen molar-refractivity contribution in [1.82, 2.24) is 0 Å². The fraction of sp³-hybridized carbons (Fsp3) is 0.846. The van der Waals surface area contributed by atoms with Gasteiger partial charge in [0.1, 0.15) is 11.4 Å². The first kappa shape index (κ1) is 21.9. The number of esters is 1. The Bertz CT molecular complexity index is 778. The Hall–Kier alpha value is -1.34. The summed E-state index contributed by atoms with van der Waals surface area (Å²) in [5.41, 5.74) is -0.483. The number of carbonyl (C=O) groups is 2. The number of carbonyl (C=O) groups excluding carboxylic acids is 2. The third-order valence-corrected chi connectivity index (χ3v) is 9.89. The minimum Gasteiger partial charge on any atom is -0.453 e. The van der Waals surface area contributed by atoms with Crippen LogP contribution in [0.25, 0.3) is 0 Å². The molecule has 0 spiro atoms. The largest absolute Gasteiger partial charge is 0.453 e. The summed E-state index contributed by atoms with van der Waals surface area (Å²) in [7, 11) is 0. The van der Waals surface area contributed by atoms with Crippen LogP contribution in [-0.2, 0) is 14.3 Å². The Morgan fingerprint density at radius 2 is 1.70 bits per heavy atom. The van der Waals surface area contributed by atoms with Crippen molar-refractivity contribution in [2.24, 2.45) is 40.4 Å². The molecule has 8 atom stereocenters. The summed E-state index contributed by atoms with van der Waals surface area (Å²) in [6, 6.07) is 0. The second-order valence-electron chi connectivity index (χ2n) is 11.3. The molecule has 4 saturated carbocycles. The van der Waals surface area contributed by atoms with Gasteiger partial charge in [0, 0.05) is 12.8 Å². The fourth-order valence-electron chi connectivity index (χ4n) is 8.37. The second kappa shape index (κ2) is 7.66. The van der Waals surface area contributed by atoms with Crippen molar-refractivity contribution in [3.05, 3.63) is 0 Å². The van der Waals surface area contributed by atoms with E-state index in [4.69, 9.17) is 4.74 Å². The minimum absolute atomic E-state index is 0.0574. The second-order valence-corrected chi connectivity index (χ2v) is 11.3. The number of rotatable bonds is 2. The maximum absolute atomic E-state index is 12.3. The van der Waals surface area contributed by atoms with Gasteiger partial charge in [0.05, 0.1) is 0 Å². The third-order valence-electron chi connectivity index (χ3n) is 9.89. The molecule has 4 fully saturated rings. The highest BCUT2D eigenvalue weighted by atomic mass is 16.5. The predicted octanol–water partition coefficient (Wildman–Crippen LogP) is 4.53. The van der Waals surface area contributed by atoms with E-state index in [0.717, 1.165) is 31.6 Å². The molecular weight excluding hydrogens is 376 g/mol. The van der Waals surface area contributed by atoms with Crippen molar-refractivity contribution in [1.29, 1.82) is 0 Å². The maximum atomic E-state index is 12.3. The number of hydrogen-bond acceptors (Lipinski definition) is 4. The van der Waals surface area contributed by atoms with Gasteiger partial charge in [-0.15, -0.1) is 0 Å². The lowest BCUT2D eigenvalue weighted by molar-refractivity contribution is -0.144. The number of aliphatic hydroxyl groups is 1. The molecule has 0 aromatic rings. The van der Waals surface area contributed by atoms with E-state index in [9.17, 15) is 14.7 Å². The Morgan fingerprint density at radius 1 is 0.967 bits per heavy atom. The summed E-state index contributed by atoms with van der Waals surface area (Å²) < 4.78 is 4.90. The molecule has 0 bridgehead atoms. The average Bonchev–Trinajstić information content (AvgIpc) is 3.03. The van der Waals surface area contributed by atoms with Gasteiger partial charge < -0.3 is 9.84 Å². The lowest BCUT2D eigenvalue weighted by Gasteiger charge is -2.61. The maximum Gasteiger partial charge on any atom is 0.303 e. The Kier molecular flexibility index (Phi) is 5.59. The number of Topliss-reactive ketones (excluding diaryl/α,β-unsaturated/α-hetero) is 1. The van der Waals surface area contributed by atoms with Crippen LogP contribution in [0.4, 0.5) is 0 Å². The molecule has 4 heteroatoms. The minimum atomic E-state index is -0.951. The van der Waals surface area contributed by atoms with Crippen molar-refractivity contribution < 1.29 is 19.4 Å². The van der Waals surface area contributed by atoms with Gasteiger partial charge in [-0.3, -0.25) is 9.59 Å². The topological polar surface area (TPSA) is 63.6 Å². The van der Waals surface area contributed by atoms with E-state index >= 15 is 0 Å². The van der Waals surface area contributed by atoms with Crippen molar-refractivity contribution >= 4 is 11.8 Å². The smallest absolute Gasteiger partial charge is 0.303 e. The van der Waals surface area contributed by atoms with Gasteiger partial charge in [-0.1, -0.05) is 25.7 Å². The van der Waals surface area contributed by atoms with Gasteiger partial charge in [-0.25, -0.2) is 0 Å². The summed E-state index contributed by atoms with van der Waals surface area (Å²) in [5, 5.41) is 11.1. The molecule has 0 aromatic carbocycles. The molecule has 4 unspecified atom stereocenters. The monoisotopic (exact) mass is 414 g/mol. The lowest BCUT2D eigenvalue weighted by atomic mass is 9.44. The summed E-state index contributed by atoms with van der Waals surface area (Å²) >= 11 is 0. The third kappa shape index (κ3) is 3.52. The van der Waals surface area contributed by atoms with Crippen molar-refractivity contribution in [2.45, 2.75) is 91.1 Å². The van der Waals surface area contributed by atoms with Gasteiger partial charge in [0.2, 0.25) is 0 Å². The van der Waals surface area contributed by atoms with Crippen LogP contribution in [0.15, 0.2) is 0 Å². The van der Waals surface area contributed by atoms with E-state index in [-0.39, 0.29) is 29.3 Å². The van der Waals surface area contributed by atoms with Crippen LogP contribution in [0.1, 0.15) is 85.5 Å². The number of ketones is 1. The zero-order chi connectivity index (χ0) is 21.7. The van der Waals surface area contributed by atoms with Gasteiger partial charge in [-0.05, 0) is 99.2 Å². The zero-order valence-electron chi connectivity index (χ0n) is 19.1. The molecule has 30 heavy (non-hydrogen) atoms. The van der Waals surface area contributed by atoms with Crippen LogP contribution in [0, 0.1) is 52.3 Å². The number of fused-ring (bicyclic) bond motifs is 5. The molecular formula is C26H38O4. The lowest BCUT2D eigenvalue weighted by Crippen LogP contribution is -2.56. The fourth-order valence-corrected chi connectivity index (χ4v) is 8.37. The van der Waals surface area contributed by atoms with E-state index < -0.39 is 5.60 Å². The van der Waals surface area contributed by atoms with Crippen LogP contribution in [0.2, 0.25) is 0 Å². The predicted molar refractivity (Wildman–Crippen MR) is 115 cm³/mol. The van der Waals surface area contributed by atoms with Crippen LogP contribution in [-0.4, -0.2) is 29.1 Å². The van der Waals surface area contributed by atoms with E-state index in [1.807, 2.05) is 0 Å². The highest BCUT2D eigenvalue weighted by molar-refractivity contribution is 5.79. The molecule has 166 valence electrons. The normalized spacial score (nSPS) is 47.2. The number of ether oxygens (including phenoxy) is 1. The number of hydrogen-bond donors (Lipinski definition) is 1. The van der Waals surface area contributed by atoms with Crippen molar-refractivity contribution in [2.75, 3.05) is 6.61 Å². The Balaban J connectivity index is 1.49. The standard InChI is InChI=1S/C26H38O4/c1-17(27)21-8-9-22-20-7-6-19-16-26(29,11-5-15-30-18(2)28)14-13-24(19,3)23(20)10-12-25(21,22)4/h19-23,29H,6-10,12-16H2,1-4H3/t19?,20?,21-,22?,23?,24+,25-,26-/m1/s1. The molecule has 4 aliphatic carbocycles. The summed E-state index contributed by atoms with van der Waals surface area (Å²) in [5.74, 6) is 8.84. The van der Waals surface area contributed by atoms with Crippen LogP contribution in [0.3, 0.4) is 0 Å². The molecule has 0 saturated heterocycles. The molecule has 0 heterocycles. The summed E-state index contributed by atoms with van der Waals surface area (Å²) in [6.07, 6.45) is 9.54. The molecule has 4 nitrogen and oxygen atoms in total. The quantitative estimate of drug-likeness (QED) is 0.533. The van der Waals surface area contributed by atoms with E-state index in [1.54, 1.807) is 6.92 Å². The highest BCUT2D eigenvalue weighted by Crippen LogP contribution is 2.68. The molecule has 4 rings (SSSR count). The average molecular weight is 415 g/mol. The van der Waals surface area contributed by atoms with Crippen molar-refractivity contribution in [3.8, 4) is 11.8 Å². The van der Waals surface area contributed by atoms with E-state index in [0.29, 0.717) is 30.0 Å². The first-order valence-electron chi connectivity index (χ1n) is 12.0. The highest BCUT2D eigenvalue weighted by Gasteiger charge is 2.61. The first-order valence-corrected chi connectivity index (χ1v) is 12.0. The van der Waals surface area contributed by atoms with Crippen molar-refractivity contribution in [3.63, 3.8) is 0 Å². The molecule has 1 N–H and O–H groups in total. The summed E-state index contributed by atoms with van der Waals surface area (Å²) in [6.45, 7) is 8.11. The van der Waals surface area contributed by atoms with Crippen LogP contribution < -0.4 is 0 Å². The molecule has 0 aromatic heterocycles. The zero-order valence-corrected chi connectivity index (χ0v) is 19.1. The van der Waals surface area contributed by atoms with Gasteiger partial charge in [0.25, 0.3) is 0 Å². The first-order chi connectivity index (χ1) is 14.1. The van der Waals surface area contributed by atoms with Gasteiger partial charge in [0.15, 0.2) is 6.61 Å².